The molecular formula is C12H16NNaO3. The maximum Gasteiger partial charge on any atom is 1.00 e. The third kappa shape index (κ3) is 4.32. The number of carbonyl (C=O) groups excluding carboxylic acids is 1. The number of aliphatic hydroxyl groups is 1. The number of aliphatic carboxylic acids is 1. The van der Waals surface area contributed by atoms with Crippen molar-refractivity contribution in [3.8, 4) is 0 Å². The first kappa shape index (κ1) is 16.4. The van der Waals surface area contributed by atoms with Crippen LogP contribution in [0.3, 0.4) is 0 Å². The van der Waals surface area contributed by atoms with Crippen LogP contribution in [0.5, 0.6) is 0 Å². The molecule has 0 aromatic heterocycles. The fraction of sp³-hybridized carbons (Fsp3) is 0.417. The van der Waals surface area contributed by atoms with Crippen molar-refractivity contribution >= 4 is 11.7 Å². The Balaban J connectivity index is 0.00000256. The van der Waals surface area contributed by atoms with Crippen LogP contribution in [-0.2, 0) is 4.79 Å². The van der Waals surface area contributed by atoms with Crippen molar-refractivity contribution < 1.29 is 44.6 Å². The van der Waals surface area contributed by atoms with E-state index in [1.807, 2.05) is 13.8 Å². The van der Waals surface area contributed by atoms with Gasteiger partial charge in [0.1, 0.15) is 6.10 Å². The van der Waals surface area contributed by atoms with Gasteiger partial charge in [-0.15, -0.1) is 0 Å². The Morgan fingerprint density at radius 2 is 1.76 bits per heavy atom. The van der Waals surface area contributed by atoms with Crippen LogP contribution >= 0.6 is 0 Å². The fourth-order valence-electron chi connectivity index (χ4n) is 1.59. The Kier molecular flexibility index (Phi) is 7.46. The van der Waals surface area contributed by atoms with Gasteiger partial charge in [-0.05, 0) is 31.5 Å². The number of hydrogen-bond acceptors (Lipinski definition) is 4. The summed E-state index contributed by atoms with van der Waals surface area (Å²) >= 11 is 0. The number of aliphatic hydroxyl groups excluding tert-OH is 1. The summed E-state index contributed by atoms with van der Waals surface area (Å²) in [7, 11) is 0. The average Bonchev–Trinajstić information content (AvgIpc) is 2.30. The zero-order valence-electron chi connectivity index (χ0n) is 10.5. The van der Waals surface area contributed by atoms with E-state index < -0.39 is 12.1 Å². The molecule has 4 nitrogen and oxygen atoms in total. The van der Waals surface area contributed by atoms with Crippen molar-refractivity contribution in [1.82, 2.24) is 0 Å². The predicted molar refractivity (Wildman–Crippen MR) is 60.0 cm³/mol. The number of hydrogen-bond donors (Lipinski definition) is 1. The Labute approximate surface area is 124 Å². The van der Waals surface area contributed by atoms with Crippen LogP contribution in [-0.4, -0.2) is 24.2 Å². The van der Waals surface area contributed by atoms with E-state index >= 15 is 0 Å². The molecule has 0 aliphatic heterocycles. The van der Waals surface area contributed by atoms with Crippen molar-refractivity contribution in [2.24, 2.45) is 0 Å². The Hall–Kier alpha value is -0.550. The van der Waals surface area contributed by atoms with Gasteiger partial charge in [0, 0.05) is 18.8 Å². The second-order valence-electron chi connectivity index (χ2n) is 3.49. The minimum Gasteiger partial charge on any atom is -0.547 e. The molecule has 0 radical (unpaired) electrons. The number of anilines is 1. The topological polar surface area (TPSA) is 63.6 Å². The quantitative estimate of drug-likeness (QED) is 0.574. The van der Waals surface area contributed by atoms with Gasteiger partial charge >= 0.3 is 29.6 Å². The molecule has 0 aliphatic rings. The molecule has 5 heteroatoms. The molecule has 1 rings (SSSR count). The summed E-state index contributed by atoms with van der Waals surface area (Å²) in [5.41, 5.74) is 1.36. The number of nitrogens with zero attached hydrogens (tertiary/aromatic N) is 1. The van der Waals surface area contributed by atoms with Crippen molar-refractivity contribution in [2.45, 2.75) is 20.0 Å². The first-order valence-corrected chi connectivity index (χ1v) is 5.34. The molecule has 1 atom stereocenters. The maximum atomic E-state index is 10.5. The molecule has 0 heterocycles. The Morgan fingerprint density at radius 1 is 1.29 bits per heavy atom. The van der Waals surface area contributed by atoms with Gasteiger partial charge in [-0.1, -0.05) is 12.1 Å². The summed E-state index contributed by atoms with van der Waals surface area (Å²) in [6, 6.07) is 6.81. The first-order chi connectivity index (χ1) is 7.60. The normalized spacial score (nSPS) is 11.5. The number of carbonyl (C=O) groups is 1. The van der Waals surface area contributed by atoms with E-state index in [1.54, 1.807) is 24.3 Å². The Morgan fingerprint density at radius 3 is 2.12 bits per heavy atom. The molecule has 1 unspecified atom stereocenters. The summed E-state index contributed by atoms with van der Waals surface area (Å²) in [4.78, 5) is 12.6. The van der Waals surface area contributed by atoms with Gasteiger partial charge in [0.05, 0.1) is 5.97 Å². The summed E-state index contributed by atoms with van der Waals surface area (Å²) in [5, 5.41) is 19.7. The zero-order valence-corrected chi connectivity index (χ0v) is 12.5. The minimum absolute atomic E-state index is 0. The van der Waals surface area contributed by atoms with Crippen LogP contribution < -0.4 is 39.6 Å². The van der Waals surface area contributed by atoms with Crippen molar-refractivity contribution in [2.75, 3.05) is 18.0 Å². The van der Waals surface area contributed by atoms with Crippen molar-refractivity contribution in [1.29, 1.82) is 0 Å². The van der Waals surface area contributed by atoms with E-state index in [0.29, 0.717) is 5.56 Å². The van der Waals surface area contributed by atoms with Crippen LogP contribution in [0.4, 0.5) is 5.69 Å². The molecule has 1 aromatic rings. The van der Waals surface area contributed by atoms with Gasteiger partial charge in [-0.3, -0.25) is 0 Å². The molecule has 0 aliphatic carbocycles. The number of rotatable bonds is 5. The monoisotopic (exact) mass is 245 g/mol. The van der Waals surface area contributed by atoms with Gasteiger partial charge in [-0.2, -0.15) is 0 Å². The molecule has 1 N–H and O–H groups in total. The molecule has 0 fully saturated rings. The van der Waals surface area contributed by atoms with Gasteiger partial charge < -0.3 is 19.9 Å². The van der Waals surface area contributed by atoms with E-state index in [2.05, 4.69) is 4.90 Å². The van der Waals surface area contributed by atoms with E-state index in [4.69, 9.17) is 0 Å². The zero-order chi connectivity index (χ0) is 12.1. The van der Waals surface area contributed by atoms with E-state index in [0.717, 1.165) is 18.8 Å². The maximum absolute atomic E-state index is 10.5. The number of benzene rings is 1. The van der Waals surface area contributed by atoms with Crippen LogP contribution in [0.2, 0.25) is 0 Å². The molecule has 0 bridgehead atoms. The van der Waals surface area contributed by atoms with Gasteiger partial charge in [0.2, 0.25) is 0 Å². The molecule has 88 valence electrons. The predicted octanol–water partition coefficient (Wildman–Crippen LogP) is -2.68. The standard InChI is InChI=1S/C12H17NO3.Na/c1-3-13(4-2)10-7-5-9(6-8-10)11(14)12(15)16;/h5-8,11,14H,3-4H2,1-2H3,(H,15,16);/q;+1/p-1. The van der Waals surface area contributed by atoms with Crippen LogP contribution in [0, 0.1) is 0 Å². The third-order valence-corrected chi connectivity index (χ3v) is 2.56. The van der Waals surface area contributed by atoms with Gasteiger partial charge in [-0.25, -0.2) is 0 Å². The number of carboxylic acids is 1. The molecule has 0 spiro atoms. The summed E-state index contributed by atoms with van der Waals surface area (Å²) in [6.07, 6.45) is -1.55. The van der Waals surface area contributed by atoms with E-state index in [9.17, 15) is 15.0 Å². The average molecular weight is 245 g/mol. The Bertz CT molecular complexity index is 349. The number of carboxylic acid groups (broad SMARTS) is 1. The fourth-order valence-corrected chi connectivity index (χ4v) is 1.59. The second-order valence-corrected chi connectivity index (χ2v) is 3.49. The van der Waals surface area contributed by atoms with Crippen molar-refractivity contribution in [3.63, 3.8) is 0 Å². The largest absolute Gasteiger partial charge is 1.00 e. The molecule has 17 heavy (non-hydrogen) atoms. The van der Waals surface area contributed by atoms with Gasteiger partial charge in [0.25, 0.3) is 0 Å². The van der Waals surface area contributed by atoms with E-state index in [1.165, 1.54) is 0 Å². The summed E-state index contributed by atoms with van der Waals surface area (Å²) in [5.74, 6) is -1.48. The van der Waals surface area contributed by atoms with E-state index in [-0.39, 0.29) is 29.6 Å². The van der Waals surface area contributed by atoms with Gasteiger partial charge in [0.15, 0.2) is 0 Å². The molecule has 0 saturated heterocycles. The SMILES string of the molecule is CCN(CC)c1ccc(C(O)C(=O)[O-])cc1.[Na+]. The van der Waals surface area contributed by atoms with Crippen molar-refractivity contribution in [3.05, 3.63) is 29.8 Å². The molecule has 1 aromatic carbocycles. The molecule has 0 amide bonds. The molecular weight excluding hydrogens is 229 g/mol. The third-order valence-electron chi connectivity index (χ3n) is 2.56. The minimum atomic E-state index is -1.55. The first-order valence-electron chi connectivity index (χ1n) is 5.34. The summed E-state index contributed by atoms with van der Waals surface area (Å²) < 4.78 is 0. The van der Waals surface area contributed by atoms with Crippen LogP contribution in [0.25, 0.3) is 0 Å². The van der Waals surface area contributed by atoms with Crippen LogP contribution in [0.1, 0.15) is 25.5 Å². The smallest absolute Gasteiger partial charge is 0.547 e. The second kappa shape index (κ2) is 7.71. The molecule has 0 saturated carbocycles. The van der Waals surface area contributed by atoms with Crippen LogP contribution in [0.15, 0.2) is 24.3 Å². The summed E-state index contributed by atoms with van der Waals surface area (Å²) in [6.45, 7) is 5.87.